The van der Waals surface area contributed by atoms with Crippen molar-refractivity contribution in [3.63, 3.8) is 0 Å². The van der Waals surface area contributed by atoms with E-state index >= 15 is 0 Å². The van der Waals surface area contributed by atoms with Gasteiger partial charge in [0, 0.05) is 11.7 Å². The molecule has 124 valence electrons. The molecule has 0 radical (unpaired) electrons. The van der Waals surface area contributed by atoms with Crippen LogP contribution in [0.3, 0.4) is 0 Å². The molecular weight excluding hydrogens is 314 g/mol. The van der Waals surface area contributed by atoms with Gasteiger partial charge in [-0.25, -0.2) is 0 Å². The third-order valence-corrected chi connectivity index (χ3v) is 4.91. The van der Waals surface area contributed by atoms with Gasteiger partial charge in [0.05, 0.1) is 16.1 Å². The van der Waals surface area contributed by atoms with Gasteiger partial charge < -0.3 is 16.4 Å². The number of nitrogens with two attached hydrogens (primary N) is 1. The highest BCUT2D eigenvalue weighted by Crippen LogP contribution is 2.28. The largest absolute Gasteiger partial charge is 0.349 e. The molecule has 23 heavy (non-hydrogen) atoms. The normalized spacial score (nSPS) is 19.9. The summed E-state index contributed by atoms with van der Waals surface area (Å²) in [4.78, 5) is 24.7. The standard InChI is InChI=1S/C17H22ClN3O2/c18-14-7-6-12(10-13(14)15(22)20-11-4-5-11)21-16(23)17(19)8-2-1-3-9-17/h6-7,10-11H,1-5,8-9,19H2,(H,20,22)(H,21,23). The first-order valence-corrected chi connectivity index (χ1v) is 8.56. The van der Waals surface area contributed by atoms with E-state index in [9.17, 15) is 9.59 Å². The Kier molecular flexibility index (Phi) is 4.60. The average Bonchev–Trinajstić information content (AvgIpc) is 3.33. The zero-order valence-electron chi connectivity index (χ0n) is 13.0. The number of anilines is 1. The lowest BCUT2D eigenvalue weighted by molar-refractivity contribution is -0.122. The van der Waals surface area contributed by atoms with E-state index in [1.54, 1.807) is 18.2 Å². The first-order chi connectivity index (χ1) is 11.0. The lowest BCUT2D eigenvalue weighted by Crippen LogP contribution is -2.52. The summed E-state index contributed by atoms with van der Waals surface area (Å²) in [5.41, 5.74) is 6.36. The zero-order chi connectivity index (χ0) is 16.4. The van der Waals surface area contributed by atoms with Crippen LogP contribution >= 0.6 is 11.6 Å². The maximum atomic E-state index is 12.5. The van der Waals surface area contributed by atoms with Crippen molar-refractivity contribution in [1.82, 2.24) is 5.32 Å². The van der Waals surface area contributed by atoms with Crippen molar-refractivity contribution in [3.8, 4) is 0 Å². The number of benzene rings is 1. The molecule has 0 heterocycles. The van der Waals surface area contributed by atoms with Gasteiger partial charge in [0.1, 0.15) is 0 Å². The number of carbonyl (C=O) groups is 2. The molecular formula is C17H22ClN3O2. The molecule has 0 spiro atoms. The number of rotatable bonds is 4. The minimum atomic E-state index is -0.811. The molecule has 0 bridgehead atoms. The highest BCUT2D eigenvalue weighted by Gasteiger charge is 2.35. The molecule has 2 amide bonds. The van der Waals surface area contributed by atoms with Gasteiger partial charge in [-0.15, -0.1) is 0 Å². The predicted octanol–water partition coefficient (Wildman–Crippen LogP) is 2.83. The molecule has 0 aliphatic heterocycles. The van der Waals surface area contributed by atoms with Crippen LogP contribution in [0, 0.1) is 0 Å². The van der Waals surface area contributed by atoms with Crippen LogP contribution in [0.15, 0.2) is 18.2 Å². The van der Waals surface area contributed by atoms with Crippen molar-refractivity contribution >= 4 is 29.1 Å². The number of amides is 2. The Labute approximate surface area is 141 Å². The van der Waals surface area contributed by atoms with Gasteiger partial charge in [-0.3, -0.25) is 9.59 Å². The summed E-state index contributed by atoms with van der Waals surface area (Å²) < 4.78 is 0. The summed E-state index contributed by atoms with van der Waals surface area (Å²) in [6, 6.07) is 5.19. The SMILES string of the molecule is NC1(C(=O)Nc2ccc(Cl)c(C(=O)NC3CC3)c2)CCCCC1. The summed E-state index contributed by atoms with van der Waals surface area (Å²) in [6.45, 7) is 0. The van der Waals surface area contributed by atoms with Gasteiger partial charge in [-0.1, -0.05) is 30.9 Å². The molecule has 0 atom stereocenters. The van der Waals surface area contributed by atoms with Crippen molar-refractivity contribution in [1.29, 1.82) is 0 Å². The Hall–Kier alpha value is -1.59. The number of hydrogen-bond acceptors (Lipinski definition) is 3. The predicted molar refractivity (Wildman–Crippen MR) is 90.6 cm³/mol. The highest BCUT2D eigenvalue weighted by molar-refractivity contribution is 6.34. The van der Waals surface area contributed by atoms with Crippen LogP contribution in [-0.4, -0.2) is 23.4 Å². The number of nitrogens with one attached hydrogen (secondary N) is 2. The minimum Gasteiger partial charge on any atom is -0.349 e. The monoisotopic (exact) mass is 335 g/mol. The van der Waals surface area contributed by atoms with Crippen LogP contribution in [0.25, 0.3) is 0 Å². The first kappa shape index (κ1) is 16.3. The molecule has 0 aromatic heterocycles. The summed E-state index contributed by atoms with van der Waals surface area (Å²) in [7, 11) is 0. The van der Waals surface area contributed by atoms with Gasteiger partial charge in [0.25, 0.3) is 5.91 Å². The van der Waals surface area contributed by atoms with E-state index in [-0.39, 0.29) is 17.9 Å². The van der Waals surface area contributed by atoms with E-state index in [2.05, 4.69) is 10.6 Å². The third kappa shape index (κ3) is 3.85. The Balaban J connectivity index is 1.72. The molecule has 6 heteroatoms. The Bertz CT molecular complexity index is 622. The molecule has 1 aromatic rings. The molecule has 0 saturated heterocycles. The van der Waals surface area contributed by atoms with E-state index in [0.29, 0.717) is 29.1 Å². The maximum absolute atomic E-state index is 12.5. The second-order valence-corrected chi connectivity index (χ2v) is 7.02. The Morgan fingerprint density at radius 3 is 2.52 bits per heavy atom. The van der Waals surface area contributed by atoms with Gasteiger partial charge in [-0.05, 0) is 43.9 Å². The van der Waals surface area contributed by atoms with E-state index in [4.69, 9.17) is 17.3 Å². The maximum Gasteiger partial charge on any atom is 0.253 e. The molecule has 2 aliphatic rings. The Morgan fingerprint density at radius 1 is 1.17 bits per heavy atom. The molecule has 5 nitrogen and oxygen atoms in total. The summed E-state index contributed by atoms with van der Waals surface area (Å²) in [5, 5.41) is 6.12. The Morgan fingerprint density at radius 2 is 1.87 bits per heavy atom. The van der Waals surface area contributed by atoms with E-state index < -0.39 is 5.54 Å². The van der Waals surface area contributed by atoms with E-state index in [1.165, 1.54) is 0 Å². The number of hydrogen-bond donors (Lipinski definition) is 3. The molecule has 2 saturated carbocycles. The lowest BCUT2D eigenvalue weighted by atomic mass is 9.82. The fraction of sp³-hybridized carbons (Fsp3) is 0.529. The molecule has 2 aliphatic carbocycles. The fourth-order valence-electron chi connectivity index (χ4n) is 2.93. The highest BCUT2D eigenvalue weighted by atomic mass is 35.5. The quantitative estimate of drug-likeness (QED) is 0.791. The van der Waals surface area contributed by atoms with Crippen LogP contribution in [0.1, 0.15) is 55.3 Å². The number of halogens is 1. The van der Waals surface area contributed by atoms with Gasteiger partial charge in [0.2, 0.25) is 5.91 Å². The van der Waals surface area contributed by atoms with Gasteiger partial charge in [-0.2, -0.15) is 0 Å². The van der Waals surface area contributed by atoms with Crippen LogP contribution in [0.5, 0.6) is 0 Å². The van der Waals surface area contributed by atoms with Crippen molar-refractivity contribution in [3.05, 3.63) is 28.8 Å². The van der Waals surface area contributed by atoms with Crippen molar-refractivity contribution in [2.45, 2.75) is 56.5 Å². The van der Waals surface area contributed by atoms with Gasteiger partial charge >= 0.3 is 0 Å². The molecule has 3 rings (SSSR count). The second kappa shape index (κ2) is 6.49. The molecule has 4 N–H and O–H groups in total. The zero-order valence-corrected chi connectivity index (χ0v) is 13.8. The van der Waals surface area contributed by atoms with Crippen LogP contribution in [-0.2, 0) is 4.79 Å². The van der Waals surface area contributed by atoms with Crippen LogP contribution in [0.4, 0.5) is 5.69 Å². The van der Waals surface area contributed by atoms with Crippen LogP contribution < -0.4 is 16.4 Å². The second-order valence-electron chi connectivity index (χ2n) is 6.61. The third-order valence-electron chi connectivity index (χ3n) is 4.58. The summed E-state index contributed by atoms with van der Waals surface area (Å²) >= 11 is 6.11. The van der Waals surface area contributed by atoms with Crippen molar-refractivity contribution in [2.75, 3.05) is 5.32 Å². The van der Waals surface area contributed by atoms with Crippen LogP contribution in [0.2, 0.25) is 5.02 Å². The first-order valence-electron chi connectivity index (χ1n) is 8.19. The smallest absolute Gasteiger partial charge is 0.253 e. The molecule has 1 aromatic carbocycles. The van der Waals surface area contributed by atoms with E-state index in [1.807, 2.05) is 0 Å². The van der Waals surface area contributed by atoms with Crippen molar-refractivity contribution < 1.29 is 9.59 Å². The van der Waals surface area contributed by atoms with Crippen molar-refractivity contribution in [2.24, 2.45) is 5.73 Å². The number of carbonyl (C=O) groups excluding carboxylic acids is 2. The fourth-order valence-corrected chi connectivity index (χ4v) is 3.14. The summed E-state index contributed by atoms with van der Waals surface area (Å²) in [6.07, 6.45) is 6.48. The lowest BCUT2D eigenvalue weighted by Gasteiger charge is -2.31. The van der Waals surface area contributed by atoms with E-state index in [0.717, 1.165) is 32.1 Å². The molecule has 2 fully saturated rings. The summed E-state index contributed by atoms with van der Waals surface area (Å²) in [5.74, 6) is -0.387. The minimum absolute atomic E-state index is 0.187. The topological polar surface area (TPSA) is 84.2 Å². The average molecular weight is 336 g/mol. The van der Waals surface area contributed by atoms with Gasteiger partial charge in [0.15, 0.2) is 0 Å². The molecule has 0 unspecified atom stereocenters.